The summed E-state index contributed by atoms with van der Waals surface area (Å²) in [6.07, 6.45) is 4.98. The molecule has 1 fully saturated rings. The van der Waals surface area contributed by atoms with Gasteiger partial charge in [-0.2, -0.15) is 0 Å². The van der Waals surface area contributed by atoms with Crippen LogP contribution in [0.2, 0.25) is 0 Å². The van der Waals surface area contributed by atoms with E-state index >= 15 is 0 Å². The van der Waals surface area contributed by atoms with Gasteiger partial charge in [0.2, 0.25) is 0 Å². The Hall–Kier alpha value is -0.800. The van der Waals surface area contributed by atoms with Crippen molar-refractivity contribution in [1.29, 1.82) is 0 Å². The first-order valence-corrected chi connectivity index (χ1v) is 4.84. The standard InChI is InChI=1S/C10H16N2O/c13-10(4-2-5-10)8-11-7-9-3-1-6-12-9/h1,3,6,11-13H,2,4-5,7-8H2. The van der Waals surface area contributed by atoms with Crippen LogP contribution in [0.25, 0.3) is 0 Å². The molecule has 1 aromatic rings. The SMILES string of the molecule is OC1(CNCc2ccc[nH]2)CCC1. The highest BCUT2D eigenvalue weighted by Gasteiger charge is 2.33. The summed E-state index contributed by atoms with van der Waals surface area (Å²) in [5, 5.41) is 13.0. The lowest BCUT2D eigenvalue weighted by molar-refractivity contribution is -0.0315. The van der Waals surface area contributed by atoms with Gasteiger partial charge < -0.3 is 15.4 Å². The molecule has 0 radical (unpaired) electrons. The molecule has 0 aromatic carbocycles. The molecule has 0 spiro atoms. The van der Waals surface area contributed by atoms with Crippen LogP contribution in [-0.2, 0) is 6.54 Å². The quantitative estimate of drug-likeness (QED) is 0.648. The summed E-state index contributed by atoms with van der Waals surface area (Å²) in [4.78, 5) is 3.12. The largest absolute Gasteiger partial charge is 0.389 e. The Balaban J connectivity index is 1.69. The highest BCUT2D eigenvalue weighted by molar-refractivity contribution is 5.03. The monoisotopic (exact) mass is 180 g/mol. The predicted octanol–water partition coefficient (Wildman–Crippen LogP) is 1.02. The number of H-pyrrole nitrogens is 1. The molecule has 3 N–H and O–H groups in total. The van der Waals surface area contributed by atoms with Crippen molar-refractivity contribution in [2.75, 3.05) is 6.54 Å². The highest BCUT2D eigenvalue weighted by atomic mass is 16.3. The molecule has 0 saturated heterocycles. The molecule has 1 aliphatic carbocycles. The fraction of sp³-hybridized carbons (Fsp3) is 0.600. The van der Waals surface area contributed by atoms with Crippen LogP contribution >= 0.6 is 0 Å². The minimum absolute atomic E-state index is 0.410. The third-order valence-electron chi connectivity index (χ3n) is 2.72. The Morgan fingerprint density at radius 1 is 1.54 bits per heavy atom. The van der Waals surface area contributed by atoms with Gasteiger partial charge in [0.1, 0.15) is 0 Å². The zero-order valence-corrected chi connectivity index (χ0v) is 7.71. The van der Waals surface area contributed by atoms with E-state index in [2.05, 4.69) is 10.3 Å². The van der Waals surface area contributed by atoms with Crippen molar-refractivity contribution in [2.24, 2.45) is 0 Å². The van der Waals surface area contributed by atoms with E-state index in [1.807, 2.05) is 18.3 Å². The molecule has 13 heavy (non-hydrogen) atoms. The number of rotatable bonds is 4. The van der Waals surface area contributed by atoms with Crippen LogP contribution in [0.1, 0.15) is 25.0 Å². The topological polar surface area (TPSA) is 48.0 Å². The molecule has 0 bridgehead atoms. The summed E-state index contributed by atoms with van der Waals surface area (Å²) in [5.74, 6) is 0. The number of aromatic amines is 1. The molecule has 1 aromatic heterocycles. The van der Waals surface area contributed by atoms with Crippen molar-refractivity contribution >= 4 is 0 Å². The summed E-state index contributed by atoms with van der Waals surface area (Å²) in [7, 11) is 0. The molecule has 3 nitrogen and oxygen atoms in total. The average molecular weight is 180 g/mol. The van der Waals surface area contributed by atoms with Gasteiger partial charge in [0.25, 0.3) is 0 Å². The molecule has 0 aliphatic heterocycles. The number of hydrogen-bond acceptors (Lipinski definition) is 2. The van der Waals surface area contributed by atoms with E-state index in [0.717, 1.165) is 19.4 Å². The summed E-state index contributed by atoms with van der Waals surface area (Å²) in [5.41, 5.74) is 0.759. The molecular weight excluding hydrogens is 164 g/mol. The van der Waals surface area contributed by atoms with E-state index in [4.69, 9.17) is 0 Å². The fourth-order valence-corrected chi connectivity index (χ4v) is 1.67. The number of hydrogen-bond donors (Lipinski definition) is 3. The van der Waals surface area contributed by atoms with Crippen molar-refractivity contribution in [3.8, 4) is 0 Å². The number of nitrogens with one attached hydrogen (secondary N) is 2. The van der Waals surface area contributed by atoms with Crippen LogP contribution in [0, 0.1) is 0 Å². The highest BCUT2D eigenvalue weighted by Crippen LogP contribution is 2.30. The van der Waals surface area contributed by atoms with Crippen LogP contribution < -0.4 is 5.32 Å². The Morgan fingerprint density at radius 2 is 2.38 bits per heavy atom. The van der Waals surface area contributed by atoms with Crippen LogP contribution in [-0.4, -0.2) is 22.2 Å². The van der Waals surface area contributed by atoms with Gasteiger partial charge in [-0.25, -0.2) is 0 Å². The Labute approximate surface area is 78.2 Å². The van der Waals surface area contributed by atoms with Crippen LogP contribution in [0.3, 0.4) is 0 Å². The maximum absolute atomic E-state index is 9.77. The summed E-state index contributed by atoms with van der Waals surface area (Å²) in [6.45, 7) is 1.53. The fourth-order valence-electron chi connectivity index (χ4n) is 1.67. The van der Waals surface area contributed by atoms with Crippen molar-refractivity contribution in [3.05, 3.63) is 24.0 Å². The van der Waals surface area contributed by atoms with E-state index in [1.165, 1.54) is 12.1 Å². The smallest absolute Gasteiger partial charge is 0.0771 e. The summed E-state index contributed by atoms with van der Waals surface area (Å²) in [6, 6.07) is 4.02. The van der Waals surface area contributed by atoms with Gasteiger partial charge in [0.15, 0.2) is 0 Å². The second kappa shape index (κ2) is 3.52. The molecule has 0 amide bonds. The van der Waals surface area contributed by atoms with E-state index in [1.54, 1.807) is 0 Å². The van der Waals surface area contributed by atoms with Crippen LogP contribution in [0.15, 0.2) is 18.3 Å². The number of aromatic nitrogens is 1. The first-order chi connectivity index (χ1) is 6.29. The molecule has 72 valence electrons. The average Bonchev–Trinajstić information content (AvgIpc) is 2.54. The molecule has 0 atom stereocenters. The Kier molecular flexibility index (Phi) is 2.38. The minimum atomic E-state index is -0.410. The molecule has 2 rings (SSSR count). The van der Waals surface area contributed by atoms with E-state index in [-0.39, 0.29) is 0 Å². The number of aliphatic hydroxyl groups is 1. The maximum atomic E-state index is 9.77. The van der Waals surface area contributed by atoms with E-state index in [9.17, 15) is 5.11 Å². The summed E-state index contributed by atoms with van der Waals surface area (Å²) < 4.78 is 0. The second-order valence-corrected chi connectivity index (χ2v) is 3.88. The first-order valence-electron chi connectivity index (χ1n) is 4.84. The Bertz CT molecular complexity index is 252. The molecular formula is C10H16N2O. The molecule has 1 saturated carbocycles. The van der Waals surface area contributed by atoms with Gasteiger partial charge in [0, 0.05) is 25.0 Å². The van der Waals surface area contributed by atoms with Gasteiger partial charge >= 0.3 is 0 Å². The van der Waals surface area contributed by atoms with E-state index in [0.29, 0.717) is 6.54 Å². The van der Waals surface area contributed by atoms with Crippen LogP contribution in [0.5, 0.6) is 0 Å². The van der Waals surface area contributed by atoms with Gasteiger partial charge in [-0.05, 0) is 31.4 Å². The Morgan fingerprint density at radius 3 is 2.92 bits per heavy atom. The van der Waals surface area contributed by atoms with Gasteiger partial charge in [-0.3, -0.25) is 0 Å². The van der Waals surface area contributed by atoms with E-state index < -0.39 is 5.60 Å². The first kappa shape index (κ1) is 8.78. The lowest BCUT2D eigenvalue weighted by atomic mass is 9.80. The molecule has 1 aliphatic rings. The normalized spacial score (nSPS) is 19.8. The third-order valence-corrected chi connectivity index (χ3v) is 2.72. The maximum Gasteiger partial charge on any atom is 0.0771 e. The minimum Gasteiger partial charge on any atom is -0.389 e. The van der Waals surface area contributed by atoms with Crippen molar-refractivity contribution in [3.63, 3.8) is 0 Å². The lowest BCUT2D eigenvalue weighted by Crippen LogP contribution is -2.46. The summed E-state index contributed by atoms with van der Waals surface area (Å²) >= 11 is 0. The van der Waals surface area contributed by atoms with Crippen LogP contribution in [0.4, 0.5) is 0 Å². The molecule has 3 heteroatoms. The molecule has 0 unspecified atom stereocenters. The van der Waals surface area contributed by atoms with Crippen molar-refractivity contribution < 1.29 is 5.11 Å². The zero-order chi connectivity index (χ0) is 9.15. The third kappa shape index (κ3) is 2.11. The van der Waals surface area contributed by atoms with Gasteiger partial charge in [0.05, 0.1) is 5.60 Å². The lowest BCUT2D eigenvalue weighted by Gasteiger charge is -2.36. The molecule has 1 heterocycles. The van der Waals surface area contributed by atoms with Crippen molar-refractivity contribution in [1.82, 2.24) is 10.3 Å². The zero-order valence-electron chi connectivity index (χ0n) is 7.71. The second-order valence-electron chi connectivity index (χ2n) is 3.88. The van der Waals surface area contributed by atoms with Gasteiger partial charge in [-0.1, -0.05) is 0 Å². The predicted molar refractivity (Wildman–Crippen MR) is 51.3 cm³/mol. The van der Waals surface area contributed by atoms with Crippen molar-refractivity contribution in [2.45, 2.75) is 31.4 Å². The van der Waals surface area contributed by atoms with Gasteiger partial charge in [-0.15, -0.1) is 0 Å².